The Hall–Kier alpha value is -1.54. The highest BCUT2D eigenvalue weighted by Crippen LogP contribution is 2.21. The van der Waals surface area contributed by atoms with Crippen LogP contribution in [-0.4, -0.2) is 49.3 Å². The fourth-order valence-electron chi connectivity index (χ4n) is 1.65. The van der Waals surface area contributed by atoms with Crippen LogP contribution in [0.4, 0.5) is 9.59 Å². The van der Waals surface area contributed by atoms with Gasteiger partial charge in [0.25, 0.3) is 0 Å². The minimum Gasteiger partial charge on any atom is -0.464 e. The van der Waals surface area contributed by atoms with Crippen molar-refractivity contribution in [3.05, 3.63) is 0 Å². The lowest BCUT2D eigenvalue weighted by Crippen LogP contribution is -2.45. The van der Waals surface area contributed by atoms with Gasteiger partial charge in [-0.25, -0.2) is 20.4 Å². The molecule has 0 unspecified atom stereocenters. The van der Waals surface area contributed by atoms with Gasteiger partial charge in [0.2, 0.25) is 0 Å². The van der Waals surface area contributed by atoms with Gasteiger partial charge in [-0.15, -0.1) is 0 Å². The second-order valence-electron chi connectivity index (χ2n) is 5.12. The maximum atomic E-state index is 11.6. The zero-order valence-electron chi connectivity index (χ0n) is 13.6. The highest BCUT2D eigenvalue weighted by molar-refractivity contribution is 5.72. The van der Waals surface area contributed by atoms with Crippen molar-refractivity contribution in [3.63, 3.8) is 0 Å². The summed E-state index contributed by atoms with van der Waals surface area (Å²) in [6.45, 7) is 8.01. The Labute approximate surface area is 131 Å². The Morgan fingerprint density at radius 3 is 1.86 bits per heavy atom. The third-order valence-electron chi connectivity index (χ3n) is 2.86. The first kappa shape index (κ1) is 20.5. The fourth-order valence-corrected chi connectivity index (χ4v) is 1.65. The number of amides is 2. The number of nitrogens with one attached hydrogen (secondary N) is 2. The number of carbonyl (C=O) groups excluding carboxylic acids is 1. The maximum absolute atomic E-state index is 11.6. The number of rotatable bonds is 11. The molecule has 0 spiro atoms. The molecule has 0 bridgehead atoms. The molecule has 0 aromatic carbocycles. The van der Waals surface area contributed by atoms with Crippen molar-refractivity contribution in [2.24, 2.45) is 0 Å². The Balaban J connectivity index is 4.34. The molecule has 0 radical (unpaired) electrons. The molecule has 0 aliphatic heterocycles. The number of ether oxygens (including phenoxy) is 3. The van der Waals surface area contributed by atoms with Gasteiger partial charge in [-0.1, -0.05) is 13.8 Å². The second-order valence-corrected chi connectivity index (χ2v) is 5.12. The molecule has 3 N–H and O–H groups in total. The summed E-state index contributed by atoms with van der Waals surface area (Å²) in [5, 5.41) is 8.44. The van der Waals surface area contributed by atoms with Gasteiger partial charge in [0.15, 0.2) is 0 Å². The smallest absolute Gasteiger partial charge is 0.426 e. The lowest BCUT2D eigenvalue weighted by Gasteiger charge is -2.29. The van der Waals surface area contributed by atoms with Gasteiger partial charge in [0, 0.05) is 26.1 Å². The van der Waals surface area contributed by atoms with Crippen LogP contribution in [0.15, 0.2) is 0 Å². The van der Waals surface area contributed by atoms with Crippen molar-refractivity contribution >= 4 is 12.2 Å². The summed E-state index contributed by atoms with van der Waals surface area (Å²) in [6, 6.07) is 0. The normalized spacial score (nSPS) is 11.0. The molecule has 0 atom stereocenters. The number of hydrogen-bond donors (Lipinski definition) is 3. The molecule has 0 rings (SSSR count). The van der Waals surface area contributed by atoms with Gasteiger partial charge < -0.3 is 19.3 Å². The van der Waals surface area contributed by atoms with E-state index in [1.54, 1.807) is 12.3 Å². The first-order chi connectivity index (χ1) is 10.4. The quantitative estimate of drug-likeness (QED) is 0.398. The van der Waals surface area contributed by atoms with E-state index in [-0.39, 0.29) is 0 Å². The van der Waals surface area contributed by atoms with Crippen molar-refractivity contribution in [1.82, 2.24) is 10.9 Å². The third kappa shape index (κ3) is 11.2. The zero-order chi connectivity index (χ0) is 16.8. The van der Waals surface area contributed by atoms with Crippen LogP contribution in [0.2, 0.25) is 0 Å². The molecule has 0 heterocycles. The first-order valence-electron chi connectivity index (χ1n) is 7.57. The standard InChI is InChI=1S/C14H28N2O6/c1-4-8-20-10-6-14(3,7-11-21-9-5-2)22-13(19)16-15-12(17)18/h15H,4-11H2,1-3H3,(H,16,19)(H,17,18). The van der Waals surface area contributed by atoms with Crippen molar-refractivity contribution in [3.8, 4) is 0 Å². The fraction of sp³-hybridized carbons (Fsp3) is 0.857. The van der Waals surface area contributed by atoms with Crippen LogP contribution in [0.3, 0.4) is 0 Å². The number of hydrazine groups is 1. The van der Waals surface area contributed by atoms with Gasteiger partial charge >= 0.3 is 12.2 Å². The van der Waals surface area contributed by atoms with Crippen LogP contribution in [0.1, 0.15) is 46.5 Å². The van der Waals surface area contributed by atoms with E-state index in [2.05, 4.69) is 0 Å². The molecule has 0 aliphatic rings. The Morgan fingerprint density at radius 1 is 0.955 bits per heavy atom. The minimum absolute atomic E-state index is 0.456. The van der Waals surface area contributed by atoms with E-state index in [0.29, 0.717) is 39.3 Å². The lowest BCUT2D eigenvalue weighted by atomic mass is 9.99. The molecule has 8 heteroatoms. The molecular formula is C14H28N2O6. The van der Waals surface area contributed by atoms with Crippen LogP contribution >= 0.6 is 0 Å². The molecule has 0 saturated carbocycles. The van der Waals surface area contributed by atoms with E-state index in [1.165, 1.54) is 0 Å². The van der Waals surface area contributed by atoms with Crippen molar-refractivity contribution in [2.75, 3.05) is 26.4 Å². The highest BCUT2D eigenvalue weighted by Gasteiger charge is 2.29. The molecule has 130 valence electrons. The Bertz CT molecular complexity index is 312. The van der Waals surface area contributed by atoms with E-state index in [4.69, 9.17) is 19.3 Å². The van der Waals surface area contributed by atoms with Crippen LogP contribution in [0.25, 0.3) is 0 Å². The van der Waals surface area contributed by atoms with E-state index in [0.717, 1.165) is 12.8 Å². The van der Waals surface area contributed by atoms with Crippen LogP contribution in [-0.2, 0) is 14.2 Å². The van der Waals surface area contributed by atoms with Crippen molar-refractivity contribution < 1.29 is 28.9 Å². The van der Waals surface area contributed by atoms with E-state index in [1.807, 2.05) is 19.3 Å². The van der Waals surface area contributed by atoms with Gasteiger partial charge in [0.05, 0.1) is 13.2 Å². The number of hydrogen-bond acceptors (Lipinski definition) is 5. The van der Waals surface area contributed by atoms with Crippen LogP contribution < -0.4 is 10.9 Å². The maximum Gasteiger partial charge on any atom is 0.426 e. The topological polar surface area (TPSA) is 106 Å². The van der Waals surface area contributed by atoms with Crippen LogP contribution in [0, 0.1) is 0 Å². The molecule has 0 saturated heterocycles. The third-order valence-corrected chi connectivity index (χ3v) is 2.86. The zero-order valence-corrected chi connectivity index (χ0v) is 13.6. The monoisotopic (exact) mass is 320 g/mol. The van der Waals surface area contributed by atoms with E-state index < -0.39 is 17.8 Å². The summed E-state index contributed by atoms with van der Waals surface area (Å²) < 4.78 is 16.2. The summed E-state index contributed by atoms with van der Waals surface area (Å²) in [7, 11) is 0. The molecule has 0 aliphatic carbocycles. The van der Waals surface area contributed by atoms with Crippen LogP contribution in [0.5, 0.6) is 0 Å². The number of carbonyl (C=O) groups is 2. The van der Waals surface area contributed by atoms with E-state index in [9.17, 15) is 9.59 Å². The predicted octanol–water partition coefficient (Wildman–Crippen LogP) is 2.29. The van der Waals surface area contributed by atoms with Gasteiger partial charge in [-0.05, 0) is 19.8 Å². The molecule has 0 aromatic heterocycles. The predicted molar refractivity (Wildman–Crippen MR) is 80.6 cm³/mol. The van der Waals surface area contributed by atoms with Crippen molar-refractivity contribution in [1.29, 1.82) is 0 Å². The van der Waals surface area contributed by atoms with Gasteiger partial charge in [-0.3, -0.25) is 0 Å². The summed E-state index contributed by atoms with van der Waals surface area (Å²) >= 11 is 0. The summed E-state index contributed by atoms with van der Waals surface area (Å²) in [5.41, 5.74) is 2.91. The average Bonchev–Trinajstić information content (AvgIpc) is 2.46. The first-order valence-corrected chi connectivity index (χ1v) is 7.57. The van der Waals surface area contributed by atoms with E-state index >= 15 is 0 Å². The van der Waals surface area contributed by atoms with Gasteiger partial charge in [-0.2, -0.15) is 0 Å². The summed E-state index contributed by atoms with van der Waals surface area (Å²) in [4.78, 5) is 21.9. The largest absolute Gasteiger partial charge is 0.464 e. The summed E-state index contributed by atoms with van der Waals surface area (Å²) in [6.07, 6.45) is 0.624. The highest BCUT2D eigenvalue weighted by atomic mass is 16.6. The molecule has 2 amide bonds. The Morgan fingerprint density at radius 2 is 1.45 bits per heavy atom. The van der Waals surface area contributed by atoms with Crippen molar-refractivity contribution in [2.45, 2.75) is 52.1 Å². The second kappa shape index (κ2) is 12.0. The minimum atomic E-state index is -1.36. The molecule has 0 aromatic rings. The van der Waals surface area contributed by atoms with Gasteiger partial charge in [0.1, 0.15) is 5.60 Å². The number of carboxylic acid groups (broad SMARTS) is 1. The average molecular weight is 320 g/mol. The summed E-state index contributed by atoms with van der Waals surface area (Å²) in [5.74, 6) is 0. The SMILES string of the molecule is CCCOCCC(C)(CCOCCC)OC(=O)NNC(=O)O. The molecule has 8 nitrogen and oxygen atoms in total. The molecule has 22 heavy (non-hydrogen) atoms. The molecule has 0 fully saturated rings. The Kier molecular flexibility index (Phi) is 11.2. The molecular weight excluding hydrogens is 292 g/mol. The lowest BCUT2D eigenvalue weighted by molar-refractivity contribution is -0.0285.